The summed E-state index contributed by atoms with van der Waals surface area (Å²) in [5.41, 5.74) is -1.05. The summed E-state index contributed by atoms with van der Waals surface area (Å²) >= 11 is 0. The topological polar surface area (TPSA) is 99.5 Å². The Balaban J connectivity index is 4.37. The van der Waals surface area contributed by atoms with Gasteiger partial charge in [0.2, 0.25) is 0 Å². The van der Waals surface area contributed by atoms with Crippen molar-refractivity contribution in [3.63, 3.8) is 0 Å². The van der Waals surface area contributed by atoms with Gasteiger partial charge in [-0.05, 0) is 80.1 Å². The van der Waals surface area contributed by atoms with Gasteiger partial charge in [-0.2, -0.15) is 0 Å². The van der Waals surface area contributed by atoms with E-state index in [1.54, 1.807) is 9.80 Å². The predicted octanol–water partition coefficient (Wildman–Crippen LogP) is 4.96. The molecule has 2 N–H and O–H groups in total. The summed E-state index contributed by atoms with van der Waals surface area (Å²) in [5.74, 6) is 0. The molecule has 0 fully saturated rings. The third-order valence-electron chi connectivity index (χ3n) is 4.83. The lowest BCUT2D eigenvalue weighted by atomic mass is 10.1. The molecule has 0 aliphatic rings. The number of ether oxygens (including phenoxy) is 2. The zero-order chi connectivity index (χ0) is 25.3. The standard InChI is InChI=1S/C25H50N2O6/c1-24(2,3)32-22(30)26(18-12-14-20-28)16-10-8-7-9-11-17-27(19-13-15-21-29)23(31)33-25(4,5)6/h28-29H,7-21H2,1-6H3. The van der Waals surface area contributed by atoms with E-state index in [0.29, 0.717) is 39.0 Å². The van der Waals surface area contributed by atoms with E-state index in [-0.39, 0.29) is 25.4 Å². The summed E-state index contributed by atoms with van der Waals surface area (Å²) in [7, 11) is 0. The molecule has 0 spiro atoms. The summed E-state index contributed by atoms with van der Waals surface area (Å²) in [6.07, 6.45) is 7.07. The number of amides is 2. The highest BCUT2D eigenvalue weighted by atomic mass is 16.6. The van der Waals surface area contributed by atoms with Crippen molar-refractivity contribution in [1.29, 1.82) is 0 Å². The molecular formula is C25H50N2O6. The van der Waals surface area contributed by atoms with Crippen molar-refractivity contribution in [3.05, 3.63) is 0 Å². The molecular weight excluding hydrogens is 424 g/mol. The molecule has 0 unspecified atom stereocenters. The second kappa shape index (κ2) is 17.0. The van der Waals surface area contributed by atoms with Crippen LogP contribution in [-0.4, -0.2) is 82.8 Å². The highest BCUT2D eigenvalue weighted by Gasteiger charge is 2.22. The van der Waals surface area contributed by atoms with Crippen molar-refractivity contribution in [3.8, 4) is 0 Å². The van der Waals surface area contributed by atoms with Crippen LogP contribution in [-0.2, 0) is 9.47 Å². The third kappa shape index (κ3) is 18.6. The van der Waals surface area contributed by atoms with Gasteiger partial charge in [0.05, 0.1) is 0 Å². The molecule has 8 heteroatoms. The minimum absolute atomic E-state index is 0.127. The average molecular weight is 475 g/mol. The maximum Gasteiger partial charge on any atom is 0.410 e. The smallest absolute Gasteiger partial charge is 0.410 e. The Kier molecular flexibility index (Phi) is 16.2. The molecule has 2 amide bonds. The summed E-state index contributed by atoms with van der Waals surface area (Å²) in [6.45, 7) is 13.9. The number of rotatable bonds is 16. The van der Waals surface area contributed by atoms with Crippen LogP contribution in [0, 0.1) is 0 Å². The molecule has 0 heterocycles. The second-order valence-corrected chi connectivity index (χ2v) is 10.6. The van der Waals surface area contributed by atoms with Crippen LogP contribution in [0.5, 0.6) is 0 Å². The van der Waals surface area contributed by atoms with Gasteiger partial charge in [0.25, 0.3) is 0 Å². The molecule has 0 aromatic carbocycles. The van der Waals surface area contributed by atoms with Crippen molar-refractivity contribution in [2.75, 3.05) is 39.4 Å². The SMILES string of the molecule is CC(C)(C)OC(=O)N(CCCCO)CCCCCCCN(CCCCO)C(=O)OC(C)(C)C. The van der Waals surface area contributed by atoms with Crippen molar-refractivity contribution in [2.24, 2.45) is 0 Å². The van der Waals surface area contributed by atoms with Gasteiger partial charge in [-0.15, -0.1) is 0 Å². The van der Waals surface area contributed by atoms with Gasteiger partial charge in [-0.3, -0.25) is 0 Å². The van der Waals surface area contributed by atoms with Crippen LogP contribution < -0.4 is 0 Å². The van der Waals surface area contributed by atoms with Crippen LogP contribution in [0.25, 0.3) is 0 Å². The van der Waals surface area contributed by atoms with E-state index >= 15 is 0 Å². The Hall–Kier alpha value is -1.54. The quantitative estimate of drug-likeness (QED) is 0.307. The molecule has 0 aromatic rings. The van der Waals surface area contributed by atoms with E-state index in [1.807, 2.05) is 41.5 Å². The van der Waals surface area contributed by atoms with Crippen molar-refractivity contribution >= 4 is 12.2 Å². The normalized spacial score (nSPS) is 11.9. The summed E-state index contributed by atoms with van der Waals surface area (Å²) in [6, 6.07) is 0. The zero-order valence-electron chi connectivity index (χ0n) is 22.0. The first-order valence-electron chi connectivity index (χ1n) is 12.6. The van der Waals surface area contributed by atoms with E-state index in [9.17, 15) is 9.59 Å². The average Bonchev–Trinajstić information content (AvgIpc) is 2.67. The van der Waals surface area contributed by atoms with Crippen LogP contribution in [0.15, 0.2) is 0 Å². The highest BCUT2D eigenvalue weighted by molar-refractivity contribution is 5.68. The Bertz CT molecular complexity index is 482. The summed E-state index contributed by atoms with van der Waals surface area (Å²) in [4.78, 5) is 28.4. The van der Waals surface area contributed by atoms with Crippen LogP contribution in [0.1, 0.15) is 99.3 Å². The molecule has 0 rings (SSSR count). The lowest BCUT2D eigenvalue weighted by Crippen LogP contribution is -2.38. The molecule has 0 bridgehead atoms. The number of aliphatic hydroxyl groups excluding tert-OH is 2. The van der Waals surface area contributed by atoms with Gasteiger partial charge in [-0.25, -0.2) is 9.59 Å². The molecule has 196 valence electrons. The molecule has 0 saturated heterocycles. The molecule has 0 aromatic heterocycles. The number of nitrogens with zero attached hydrogens (tertiary/aromatic N) is 2. The van der Waals surface area contributed by atoms with Crippen LogP contribution in [0.4, 0.5) is 9.59 Å². The predicted molar refractivity (Wildman–Crippen MR) is 131 cm³/mol. The maximum atomic E-state index is 12.4. The number of carbonyl (C=O) groups excluding carboxylic acids is 2. The van der Waals surface area contributed by atoms with Gasteiger partial charge >= 0.3 is 12.2 Å². The molecule has 0 radical (unpaired) electrons. The van der Waals surface area contributed by atoms with Crippen LogP contribution in [0.3, 0.4) is 0 Å². The first-order chi connectivity index (χ1) is 15.4. The summed E-state index contributed by atoms with van der Waals surface area (Å²) in [5, 5.41) is 18.0. The van der Waals surface area contributed by atoms with Crippen LogP contribution in [0.2, 0.25) is 0 Å². The Morgan fingerprint density at radius 2 is 0.818 bits per heavy atom. The molecule has 0 aliphatic heterocycles. The molecule has 8 nitrogen and oxygen atoms in total. The van der Waals surface area contributed by atoms with Gasteiger partial charge in [0.15, 0.2) is 0 Å². The van der Waals surface area contributed by atoms with E-state index in [0.717, 1.165) is 44.9 Å². The number of hydrogen-bond donors (Lipinski definition) is 2. The number of hydrogen-bond acceptors (Lipinski definition) is 6. The van der Waals surface area contributed by atoms with Crippen LogP contribution >= 0.6 is 0 Å². The summed E-state index contributed by atoms with van der Waals surface area (Å²) < 4.78 is 11.0. The van der Waals surface area contributed by atoms with Crippen molar-refractivity contribution < 1.29 is 29.3 Å². The van der Waals surface area contributed by atoms with Gasteiger partial charge in [-0.1, -0.05) is 19.3 Å². The van der Waals surface area contributed by atoms with Gasteiger partial charge in [0, 0.05) is 39.4 Å². The fraction of sp³-hybridized carbons (Fsp3) is 0.920. The van der Waals surface area contributed by atoms with E-state index in [1.165, 1.54) is 0 Å². The molecule has 33 heavy (non-hydrogen) atoms. The minimum atomic E-state index is -0.524. The fourth-order valence-electron chi connectivity index (χ4n) is 3.21. The largest absolute Gasteiger partial charge is 0.444 e. The van der Waals surface area contributed by atoms with Gasteiger partial charge in [0.1, 0.15) is 11.2 Å². The monoisotopic (exact) mass is 474 g/mol. The molecule has 0 atom stereocenters. The minimum Gasteiger partial charge on any atom is -0.444 e. The van der Waals surface area contributed by atoms with Crippen molar-refractivity contribution in [2.45, 2.75) is 111 Å². The second-order valence-electron chi connectivity index (χ2n) is 10.6. The molecule has 0 saturated carbocycles. The van der Waals surface area contributed by atoms with E-state index < -0.39 is 11.2 Å². The highest BCUT2D eigenvalue weighted by Crippen LogP contribution is 2.14. The van der Waals surface area contributed by atoms with Gasteiger partial charge < -0.3 is 29.5 Å². The Morgan fingerprint density at radius 1 is 0.545 bits per heavy atom. The lowest BCUT2D eigenvalue weighted by Gasteiger charge is -2.28. The Labute approximate surface area is 201 Å². The molecule has 0 aliphatic carbocycles. The Morgan fingerprint density at radius 3 is 1.09 bits per heavy atom. The number of carbonyl (C=O) groups is 2. The third-order valence-corrected chi connectivity index (χ3v) is 4.83. The fourth-order valence-corrected chi connectivity index (χ4v) is 3.21. The number of unbranched alkanes of at least 4 members (excludes halogenated alkanes) is 6. The zero-order valence-corrected chi connectivity index (χ0v) is 22.0. The van der Waals surface area contributed by atoms with Crippen molar-refractivity contribution in [1.82, 2.24) is 9.80 Å². The van der Waals surface area contributed by atoms with E-state index in [2.05, 4.69) is 0 Å². The maximum absolute atomic E-state index is 12.4. The first-order valence-corrected chi connectivity index (χ1v) is 12.6. The first kappa shape index (κ1) is 31.5. The number of aliphatic hydroxyl groups is 2. The lowest BCUT2D eigenvalue weighted by molar-refractivity contribution is 0.0234. The van der Waals surface area contributed by atoms with E-state index in [4.69, 9.17) is 19.7 Å².